The maximum atomic E-state index is 11.8. The van der Waals surface area contributed by atoms with Gasteiger partial charge in [0.15, 0.2) is 0 Å². The van der Waals surface area contributed by atoms with E-state index in [0.717, 1.165) is 11.3 Å². The zero-order valence-corrected chi connectivity index (χ0v) is 13.8. The first-order chi connectivity index (χ1) is 10.3. The van der Waals surface area contributed by atoms with E-state index in [0.29, 0.717) is 5.82 Å². The van der Waals surface area contributed by atoms with Gasteiger partial charge in [-0.15, -0.1) is 15.0 Å². The fraction of sp³-hybridized carbons (Fsp3) is 0.643. The first-order valence-corrected chi connectivity index (χ1v) is 7.30. The molecule has 2 aromatic rings. The monoisotopic (exact) mass is 306 g/mol. The third-order valence-electron chi connectivity index (χ3n) is 3.27. The van der Waals surface area contributed by atoms with E-state index < -0.39 is 6.23 Å². The highest BCUT2D eigenvalue weighted by atomic mass is 16.6. The van der Waals surface area contributed by atoms with E-state index in [-0.39, 0.29) is 17.8 Å². The molecule has 120 valence electrons. The number of carbonyl (C=O) groups is 1. The van der Waals surface area contributed by atoms with Crippen molar-refractivity contribution < 1.29 is 9.53 Å². The summed E-state index contributed by atoms with van der Waals surface area (Å²) in [6.07, 6.45) is 1.17. The number of aryl methyl sites for hydroxylation is 2. The second kappa shape index (κ2) is 6.25. The Balaban J connectivity index is 2.30. The highest BCUT2D eigenvalue weighted by Crippen LogP contribution is 2.22. The molecule has 0 aliphatic heterocycles. The number of aromatic nitrogens is 6. The predicted molar refractivity (Wildman–Crippen MR) is 79.6 cm³/mol. The zero-order chi connectivity index (χ0) is 16.4. The summed E-state index contributed by atoms with van der Waals surface area (Å²) >= 11 is 0. The minimum atomic E-state index is -0.579. The van der Waals surface area contributed by atoms with Crippen LogP contribution in [0, 0.1) is 18.8 Å². The molecule has 22 heavy (non-hydrogen) atoms. The number of hydrogen-bond donors (Lipinski definition) is 0. The molecular formula is C14H22N6O2. The van der Waals surface area contributed by atoms with Gasteiger partial charge in [-0.3, -0.25) is 9.48 Å². The standard InChI is InChI=1S/C14H22N6O2/c1-8(2)13(22-14(21)9(3)4)20-17-12(16-18-20)11-10(5)7-15-19(11)6/h7-9,13H,1-6H3. The molecule has 0 saturated carbocycles. The van der Waals surface area contributed by atoms with E-state index >= 15 is 0 Å². The summed E-state index contributed by atoms with van der Waals surface area (Å²) in [6, 6.07) is 0. The highest BCUT2D eigenvalue weighted by molar-refractivity contribution is 5.71. The van der Waals surface area contributed by atoms with Gasteiger partial charge in [-0.25, -0.2) is 0 Å². The molecule has 8 nitrogen and oxygen atoms in total. The van der Waals surface area contributed by atoms with E-state index in [1.165, 1.54) is 4.80 Å². The molecule has 0 aliphatic carbocycles. The quantitative estimate of drug-likeness (QED) is 0.782. The normalized spacial score (nSPS) is 12.9. The summed E-state index contributed by atoms with van der Waals surface area (Å²) in [7, 11) is 1.82. The van der Waals surface area contributed by atoms with Crippen molar-refractivity contribution in [2.24, 2.45) is 18.9 Å². The Morgan fingerprint density at radius 3 is 2.45 bits per heavy atom. The molecule has 2 heterocycles. The van der Waals surface area contributed by atoms with Crippen LogP contribution in [0.1, 0.15) is 39.5 Å². The van der Waals surface area contributed by atoms with Gasteiger partial charge in [0, 0.05) is 13.0 Å². The number of ether oxygens (including phenoxy) is 1. The van der Waals surface area contributed by atoms with E-state index in [1.54, 1.807) is 24.7 Å². The summed E-state index contributed by atoms with van der Waals surface area (Å²) in [6.45, 7) is 9.40. The van der Waals surface area contributed by atoms with Gasteiger partial charge < -0.3 is 4.74 Å². The number of carbonyl (C=O) groups excluding carboxylic acids is 1. The van der Waals surface area contributed by atoms with E-state index in [2.05, 4.69) is 20.5 Å². The lowest BCUT2D eigenvalue weighted by Crippen LogP contribution is -2.26. The number of rotatable bonds is 5. The minimum Gasteiger partial charge on any atom is -0.437 e. The molecule has 0 N–H and O–H groups in total. The number of tetrazole rings is 1. The summed E-state index contributed by atoms with van der Waals surface area (Å²) in [4.78, 5) is 13.2. The van der Waals surface area contributed by atoms with Crippen LogP contribution in [0.3, 0.4) is 0 Å². The summed E-state index contributed by atoms with van der Waals surface area (Å²) in [5.74, 6) is -0.000968. The van der Waals surface area contributed by atoms with Crippen molar-refractivity contribution in [3.8, 4) is 11.5 Å². The van der Waals surface area contributed by atoms with Gasteiger partial charge in [-0.05, 0) is 17.7 Å². The van der Waals surface area contributed by atoms with E-state index in [9.17, 15) is 4.79 Å². The van der Waals surface area contributed by atoms with Gasteiger partial charge in [0.05, 0.1) is 12.1 Å². The summed E-state index contributed by atoms with van der Waals surface area (Å²) in [5.41, 5.74) is 1.76. The van der Waals surface area contributed by atoms with Crippen molar-refractivity contribution in [2.75, 3.05) is 0 Å². The average Bonchev–Trinajstić information content (AvgIpc) is 3.02. The molecule has 0 saturated heterocycles. The van der Waals surface area contributed by atoms with Crippen LogP contribution >= 0.6 is 0 Å². The van der Waals surface area contributed by atoms with Crippen molar-refractivity contribution in [1.29, 1.82) is 0 Å². The van der Waals surface area contributed by atoms with Gasteiger partial charge in [0.2, 0.25) is 12.1 Å². The van der Waals surface area contributed by atoms with Crippen molar-refractivity contribution >= 4 is 5.97 Å². The van der Waals surface area contributed by atoms with Crippen molar-refractivity contribution in [3.63, 3.8) is 0 Å². The fourth-order valence-electron chi connectivity index (χ4n) is 2.00. The second-order valence-corrected chi connectivity index (χ2v) is 5.96. The molecule has 0 aliphatic rings. The van der Waals surface area contributed by atoms with E-state index in [4.69, 9.17) is 4.74 Å². The smallest absolute Gasteiger partial charge is 0.310 e. The maximum absolute atomic E-state index is 11.8. The Hall–Kier alpha value is -2.25. The summed E-state index contributed by atoms with van der Waals surface area (Å²) in [5, 5.41) is 16.6. The Labute approximate surface area is 129 Å². The molecule has 0 aromatic carbocycles. The van der Waals surface area contributed by atoms with Crippen LogP contribution in [0.25, 0.3) is 11.5 Å². The second-order valence-electron chi connectivity index (χ2n) is 5.96. The van der Waals surface area contributed by atoms with Gasteiger partial charge >= 0.3 is 5.97 Å². The number of hydrogen-bond acceptors (Lipinski definition) is 6. The molecule has 0 fully saturated rings. The van der Waals surface area contributed by atoms with Crippen LogP contribution in [-0.4, -0.2) is 36.0 Å². The SMILES string of the molecule is Cc1cnn(C)c1-c1nnn(C(OC(=O)C(C)C)C(C)C)n1. The van der Waals surface area contributed by atoms with Crippen LogP contribution in [0.2, 0.25) is 0 Å². The number of nitrogens with zero attached hydrogens (tertiary/aromatic N) is 6. The minimum absolute atomic E-state index is 0.0254. The van der Waals surface area contributed by atoms with Gasteiger partial charge in [0.25, 0.3) is 0 Å². The Morgan fingerprint density at radius 1 is 1.27 bits per heavy atom. The Bertz CT molecular complexity index is 639. The molecule has 0 amide bonds. The van der Waals surface area contributed by atoms with Gasteiger partial charge in [0.1, 0.15) is 5.69 Å². The molecule has 0 spiro atoms. The van der Waals surface area contributed by atoms with Gasteiger partial charge in [-0.1, -0.05) is 27.7 Å². The lowest BCUT2D eigenvalue weighted by molar-refractivity contribution is -0.163. The molecule has 8 heteroatoms. The average molecular weight is 306 g/mol. The van der Waals surface area contributed by atoms with E-state index in [1.807, 2.05) is 27.8 Å². The first-order valence-electron chi connectivity index (χ1n) is 7.30. The van der Waals surface area contributed by atoms with Gasteiger partial charge in [-0.2, -0.15) is 5.10 Å². The Kier molecular flexibility index (Phi) is 4.58. The van der Waals surface area contributed by atoms with Crippen molar-refractivity contribution in [1.82, 2.24) is 30.0 Å². The number of esters is 1. The molecule has 2 rings (SSSR count). The first kappa shape index (κ1) is 16.1. The maximum Gasteiger partial charge on any atom is 0.310 e. The fourth-order valence-corrected chi connectivity index (χ4v) is 2.00. The Morgan fingerprint density at radius 2 is 1.95 bits per heavy atom. The topological polar surface area (TPSA) is 87.7 Å². The van der Waals surface area contributed by atoms with Crippen LogP contribution in [-0.2, 0) is 16.6 Å². The molecule has 2 aromatic heterocycles. The summed E-state index contributed by atoms with van der Waals surface area (Å²) < 4.78 is 7.18. The third kappa shape index (κ3) is 3.15. The van der Waals surface area contributed by atoms with Crippen LogP contribution in [0.5, 0.6) is 0 Å². The predicted octanol–water partition coefficient (Wildman–Crippen LogP) is 1.74. The highest BCUT2D eigenvalue weighted by Gasteiger charge is 2.25. The lowest BCUT2D eigenvalue weighted by atomic mass is 10.2. The van der Waals surface area contributed by atoms with Crippen LogP contribution < -0.4 is 0 Å². The lowest BCUT2D eigenvalue weighted by Gasteiger charge is -2.20. The molecule has 0 bridgehead atoms. The molecule has 1 atom stereocenters. The largest absolute Gasteiger partial charge is 0.437 e. The van der Waals surface area contributed by atoms with Crippen LogP contribution in [0.15, 0.2) is 6.20 Å². The molecule has 0 radical (unpaired) electrons. The molecule has 1 unspecified atom stereocenters. The van der Waals surface area contributed by atoms with Crippen molar-refractivity contribution in [3.05, 3.63) is 11.8 Å². The zero-order valence-electron chi connectivity index (χ0n) is 13.8. The molecular weight excluding hydrogens is 284 g/mol. The third-order valence-corrected chi connectivity index (χ3v) is 3.27. The van der Waals surface area contributed by atoms with Crippen LogP contribution in [0.4, 0.5) is 0 Å². The van der Waals surface area contributed by atoms with Crippen molar-refractivity contribution in [2.45, 2.75) is 40.8 Å².